The van der Waals surface area contributed by atoms with Gasteiger partial charge in [-0.15, -0.1) is 11.3 Å². The van der Waals surface area contributed by atoms with Gasteiger partial charge in [0.1, 0.15) is 0 Å². The summed E-state index contributed by atoms with van der Waals surface area (Å²) >= 11 is 1.85. The van der Waals surface area contributed by atoms with Crippen LogP contribution in [-0.2, 0) is 5.41 Å². The molecule has 2 aliphatic heterocycles. The van der Waals surface area contributed by atoms with Gasteiger partial charge in [-0.25, -0.2) is 4.98 Å². The number of benzene rings is 6. The van der Waals surface area contributed by atoms with E-state index in [1.807, 2.05) is 29.5 Å². The summed E-state index contributed by atoms with van der Waals surface area (Å²) < 4.78 is 4.82. The molecule has 0 amide bonds. The molecule has 0 saturated carbocycles. The summed E-state index contributed by atoms with van der Waals surface area (Å²) in [5.41, 5.74) is 10.3. The predicted octanol–water partition coefficient (Wildman–Crippen LogP) is 10.3. The van der Waals surface area contributed by atoms with E-state index in [1.165, 1.54) is 58.8 Å². The fraction of sp³-hybridized carbons (Fsp3) is 0.0488. The average molecular weight is 605 g/mol. The van der Waals surface area contributed by atoms with Gasteiger partial charge in [0.25, 0.3) is 0 Å². The number of nitrogens with zero attached hydrogens (tertiary/aromatic N) is 4. The molecule has 5 heterocycles. The van der Waals surface area contributed by atoms with Crippen LogP contribution in [0.4, 0.5) is 0 Å². The van der Waals surface area contributed by atoms with Crippen molar-refractivity contribution in [2.45, 2.75) is 12.3 Å². The lowest BCUT2D eigenvalue weighted by molar-refractivity contribution is 0.718. The van der Waals surface area contributed by atoms with Gasteiger partial charge in [-0.1, -0.05) is 109 Å². The van der Waals surface area contributed by atoms with Crippen molar-refractivity contribution in [3.05, 3.63) is 144 Å². The summed E-state index contributed by atoms with van der Waals surface area (Å²) in [5, 5.41) is 4.82. The van der Waals surface area contributed by atoms with E-state index in [0.717, 1.165) is 22.2 Å². The summed E-state index contributed by atoms with van der Waals surface area (Å²) in [6.07, 6.45) is 0. The van der Waals surface area contributed by atoms with Crippen molar-refractivity contribution in [1.29, 1.82) is 0 Å². The van der Waals surface area contributed by atoms with Crippen LogP contribution in [0.5, 0.6) is 0 Å². The normalized spacial score (nSPS) is 16.0. The molecular formula is C41H24N4S. The molecule has 12 rings (SSSR count). The average Bonchev–Trinajstić information content (AvgIpc) is 3.74. The molecule has 3 aliphatic rings. The molecule has 1 aliphatic carbocycles. The van der Waals surface area contributed by atoms with Gasteiger partial charge >= 0.3 is 0 Å². The molecule has 1 atom stereocenters. The van der Waals surface area contributed by atoms with E-state index in [1.54, 1.807) is 0 Å². The highest BCUT2D eigenvalue weighted by Crippen LogP contribution is 2.56. The van der Waals surface area contributed by atoms with Crippen molar-refractivity contribution < 1.29 is 0 Å². The lowest BCUT2D eigenvalue weighted by atomic mass is 9.73. The van der Waals surface area contributed by atoms with Gasteiger partial charge in [-0.2, -0.15) is 9.97 Å². The molecule has 6 aromatic carbocycles. The Morgan fingerprint density at radius 2 is 1.37 bits per heavy atom. The first-order valence-corrected chi connectivity index (χ1v) is 16.4. The van der Waals surface area contributed by atoms with Crippen molar-refractivity contribution in [1.82, 2.24) is 19.5 Å². The van der Waals surface area contributed by atoms with Gasteiger partial charge in [-0.3, -0.25) is 4.57 Å². The summed E-state index contributed by atoms with van der Waals surface area (Å²) in [6.45, 7) is 2.41. The molecule has 214 valence electrons. The van der Waals surface area contributed by atoms with E-state index in [2.05, 4.69) is 121 Å². The molecule has 46 heavy (non-hydrogen) atoms. The Hall–Kier alpha value is -5.65. The van der Waals surface area contributed by atoms with Crippen LogP contribution in [0, 0.1) is 0 Å². The Labute approximate surface area is 268 Å². The van der Waals surface area contributed by atoms with Gasteiger partial charge in [0, 0.05) is 47.5 Å². The highest BCUT2D eigenvalue weighted by atomic mass is 32.1. The van der Waals surface area contributed by atoms with Crippen molar-refractivity contribution in [2.75, 3.05) is 0 Å². The molecule has 5 heteroatoms. The smallest absolute Gasteiger partial charge is 0.238 e. The monoisotopic (exact) mass is 604 g/mol. The minimum Gasteiger partial charge on any atom is -0.277 e. The highest BCUT2D eigenvalue weighted by Gasteiger charge is 2.43. The maximum atomic E-state index is 5.37. The molecule has 0 fully saturated rings. The maximum absolute atomic E-state index is 5.37. The van der Waals surface area contributed by atoms with E-state index in [9.17, 15) is 0 Å². The first kappa shape index (κ1) is 24.6. The van der Waals surface area contributed by atoms with E-state index >= 15 is 0 Å². The molecule has 0 saturated heterocycles. The summed E-state index contributed by atoms with van der Waals surface area (Å²) in [6, 6.07) is 46.1. The van der Waals surface area contributed by atoms with E-state index in [4.69, 9.17) is 15.0 Å². The van der Waals surface area contributed by atoms with Crippen molar-refractivity contribution in [3.8, 4) is 39.9 Å². The van der Waals surface area contributed by atoms with Crippen LogP contribution in [0.15, 0.2) is 127 Å². The standard InChI is InChI=1S/C41H24N4S/c1-41-24-18-19-29-34(22-24)46-33-17-9-14-30(35(29)33)39-42-38(23-10-3-2-4-11-23)43-40(44-39)45-32-16-8-6-13-26(32)28-21-20-27(36(41)37(28)45)25-12-5-7-15-31(25)41/h2-22H,1H3. The number of thiophene rings is 1. The van der Waals surface area contributed by atoms with Gasteiger partial charge in [0.15, 0.2) is 11.6 Å². The third kappa shape index (κ3) is 2.96. The van der Waals surface area contributed by atoms with Crippen LogP contribution in [0.1, 0.15) is 23.6 Å². The quantitative estimate of drug-likeness (QED) is 0.187. The zero-order valence-electron chi connectivity index (χ0n) is 24.8. The number of hydrogen-bond donors (Lipinski definition) is 0. The predicted molar refractivity (Wildman–Crippen MR) is 189 cm³/mol. The Morgan fingerprint density at radius 1 is 0.587 bits per heavy atom. The minimum absolute atomic E-state index is 0.406. The molecule has 3 aromatic heterocycles. The van der Waals surface area contributed by atoms with Crippen LogP contribution < -0.4 is 0 Å². The summed E-state index contributed by atoms with van der Waals surface area (Å²) in [5.74, 6) is 1.98. The van der Waals surface area contributed by atoms with Crippen molar-refractivity contribution in [2.24, 2.45) is 0 Å². The van der Waals surface area contributed by atoms with Crippen LogP contribution >= 0.6 is 11.3 Å². The molecule has 0 radical (unpaired) electrons. The highest BCUT2D eigenvalue weighted by molar-refractivity contribution is 7.26. The minimum atomic E-state index is -0.406. The molecule has 0 spiro atoms. The summed E-state index contributed by atoms with van der Waals surface area (Å²) in [4.78, 5) is 15.8. The van der Waals surface area contributed by atoms with Crippen molar-refractivity contribution >= 4 is 53.3 Å². The number of rotatable bonds is 1. The second-order valence-corrected chi connectivity index (χ2v) is 13.6. The van der Waals surface area contributed by atoms with Crippen LogP contribution in [0.3, 0.4) is 0 Å². The topological polar surface area (TPSA) is 43.6 Å². The second-order valence-electron chi connectivity index (χ2n) is 12.5. The Balaban J connectivity index is 1.43. The second kappa shape index (κ2) is 8.53. The van der Waals surface area contributed by atoms with Gasteiger partial charge in [-0.05, 0) is 52.9 Å². The zero-order valence-corrected chi connectivity index (χ0v) is 25.6. The van der Waals surface area contributed by atoms with Crippen LogP contribution in [0.25, 0.3) is 81.8 Å². The summed E-state index contributed by atoms with van der Waals surface area (Å²) in [7, 11) is 0. The Morgan fingerprint density at radius 3 is 2.30 bits per heavy atom. The van der Waals surface area contributed by atoms with E-state index in [0.29, 0.717) is 17.6 Å². The van der Waals surface area contributed by atoms with E-state index < -0.39 is 5.41 Å². The molecular weight excluding hydrogens is 581 g/mol. The molecule has 9 aromatic rings. The fourth-order valence-corrected chi connectivity index (χ4v) is 9.38. The first-order valence-electron chi connectivity index (χ1n) is 15.6. The first-order chi connectivity index (χ1) is 22.7. The van der Waals surface area contributed by atoms with Crippen LogP contribution in [-0.4, -0.2) is 19.5 Å². The Kier molecular flexibility index (Phi) is 4.57. The van der Waals surface area contributed by atoms with E-state index in [-0.39, 0.29) is 0 Å². The largest absolute Gasteiger partial charge is 0.277 e. The lowest BCUT2D eigenvalue weighted by Crippen LogP contribution is -2.23. The Bertz CT molecular complexity index is 2770. The molecule has 0 N–H and O–H groups in total. The zero-order chi connectivity index (χ0) is 30.1. The molecule has 6 bridgehead atoms. The third-order valence-corrected chi connectivity index (χ3v) is 11.4. The van der Waals surface area contributed by atoms with Crippen LogP contribution in [0.2, 0.25) is 0 Å². The molecule has 4 nitrogen and oxygen atoms in total. The van der Waals surface area contributed by atoms with Crippen molar-refractivity contribution in [3.63, 3.8) is 0 Å². The number of aromatic nitrogens is 4. The molecule has 1 unspecified atom stereocenters. The van der Waals surface area contributed by atoms with Gasteiger partial charge in [0.2, 0.25) is 5.95 Å². The van der Waals surface area contributed by atoms with Gasteiger partial charge < -0.3 is 0 Å². The number of fused-ring (bicyclic) bond motifs is 5. The fourth-order valence-electron chi connectivity index (χ4n) is 8.21. The number of hydrogen-bond acceptors (Lipinski definition) is 4. The lowest BCUT2D eigenvalue weighted by Gasteiger charge is -2.29. The number of para-hydroxylation sites is 1. The third-order valence-electron chi connectivity index (χ3n) is 10.3. The maximum Gasteiger partial charge on any atom is 0.238 e. The van der Waals surface area contributed by atoms with Gasteiger partial charge in [0.05, 0.1) is 11.0 Å². The SMILES string of the molecule is CC12c3ccc4c(c3)sc3cccc(c34)-c3nc(-c4ccccc4)nc(n3)-n3c4ccccc4c4ccc(c1c43)-c1ccccc12.